The van der Waals surface area contributed by atoms with Crippen molar-refractivity contribution in [1.82, 2.24) is 15.5 Å². The van der Waals surface area contributed by atoms with Crippen LogP contribution in [-0.2, 0) is 19.1 Å². The van der Waals surface area contributed by atoms with Gasteiger partial charge in [0.25, 0.3) is 0 Å². The van der Waals surface area contributed by atoms with Crippen LogP contribution in [0.4, 0.5) is 0 Å². The first-order chi connectivity index (χ1) is 27.1. The number of nitrogens with zero attached hydrogens (tertiary/aromatic N) is 1. The van der Waals surface area contributed by atoms with Crippen molar-refractivity contribution in [3.05, 3.63) is 53.6 Å². The molecular formula is C47H69N3O7. The lowest BCUT2D eigenvalue weighted by molar-refractivity contribution is -0.225. The van der Waals surface area contributed by atoms with Gasteiger partial charge in [0.15, 0.2) is 0 Å². The van der Waals surface area contributed by atoms with Gasteiger partial charge in [0.2, 0.25) is 5.91 Å². The number of carboxylic acid groups (broad SMARTS) is 2. The Hall–Kier alpha value is -3.05. The van der Waals surface area contributed by atoms with Gasteiger partial charge in [-0.1, -0.05) is 59.4 Å². The quantitative estimate of drug-likeness (QED) is 0.114. The van der Waals surface area contributed by atoms with E-state index in [4.69, 9.17) is 21.2 Å². The minimum absolute atomic E-state index is 0.0578. The molecule has 0 spiro atoms. The summed E-state index contributed by atoms with van der Waals surface area (Å²) in [4.78, 5) is 39.7. The normalized spacial score (nSPS) is 37.1. The Balaban J connectivity index is 1.14. The van der Waals surface area contributed by atoms with Crippen molar-refractivity contribution in [1.29, 1.82) is 0 Å². The van der Waals surface area contributed by atoms with Crippen molar-refractivity contribution < 1.29 is 34.1 Å². The van der Waals surface area contributed by atoms with Crippen LogP contribution in [0.5, 0.6) is 0 Å². The molecule has 0 radical (unpaired) electrons. The predicted molar refractivity (Wildman–Crippen MR) is 222 cm³/mol. The number of carboxylic acids is 2. The Morgan fingerprint density at radius 2 is 1.63 bits per heavy atom. The molecule has 314 valence electrons. The summed E-state index contributed by atoms with van der Waals surface area (Å²) in [6.07, 6.45) is 11.8. The number of morpholine rings is 1. The molecule has 0 aromatic heterocycles. The molecule has 1 saturated heterocycles. The van der Waals surface area contributed by atoms with Crippen molar-refractivity contribution in [2.24, 2.45) is 56.7 Å². The number of hydrogen-bond donors (Lipinski definition) is 4. The zero-order chi connectivity index (χ0) is 40.8. The standard InChI is InChI=1S/C47H69N3O7/c1-31(30-57-28-25-50-23-26-56-27-24-50)34-13-18-47(42(55)49-22-21-48-29-39(51)52)20-19-45(5)36(40(34)47)11-12-38-44(4)16-14-35(32-7-9-33(10-8-32)41(53)54)43(2,3)37(44)15-17-46(38,45)6/h7-10,14,34,36-38,40,48H,1,11-13,15-30H2,2-6H3,(H,49,55)(H,51,52)(H,53,54). The third kappa shape index (κ3) is 7.33. The first-order valence-electron chi connectivity index (χ1n) is 21.9. The Morgan fingerprint density at radius 1 is 0.895 bits per heavy atom. The third-order valence-corrected chi connectivity index (χ3v) is 17.2. The fourth-order valence-electron chi connectivity index (χ4n) is 14.3. The number of aromatic carboxylic acids is 1. The second kappa shape index (κ2) is 16.2. The van der Waals surface area contributed by atoms with Crippen molar-refractivity contribution >= 4 is 23.4 Å². The van der Waals surface area contributed by atoms with Crippen LogP contribution in [0, 0.1) is 56.7 Å². The van der Waals surface area contributed by atoms with E-state index in [1.165, 1.54) is 5.57 Å². The number of benzene rings is 1. The van der Waals surface area contributed by atoms with Gasteiger partial charge >= 0.3 is 11.9 Å². The zero-order valence-electron chi connectivity index (χ0n) is 35.3. The Kier molecular flexibility index (Phi) is 12.0. The summed E-state index contributed by atoms with van der Waals surface area (Å²) in [7, 11) is 0. The predicted octanol–water partition coefficient (Wildman–Crippen LogP) is 7.16. The second-order valence-corrected chi connectivity index (χ2v) is 19.9. The van der Waals surface area contributed by atoms with Crippen LogP contribution in [0.1, 0.15) is 108 Å². The van der Waals surface area contributed by atoms with Crippen molar-refractivity contribution in [3.63, 3.8) is 0 Å². The lowest BCUT2D eigenvalue weighted by Crippen LogP contribution is -2.66. The smallest absolute Gasteiger partial charge is 0.335 e. The Labute approximate surface area is 340 Å². The molecule has 9 atom stereocenters. The summed E-state index contributed by atoms with van der Waals surface area (Å²) in [5.74, 6) is 0.177. The van der Waals surface area contributed by atoms with E-state index in [0.717, 1.165) is 102 Å². The van der Waals surface area contributed by atoms with E-state index in [1.807, 2.05) is 12.1 Å². The molecule has 1 amide bonds. The molecule has 1 aromatic rings. The van der Waals surface area contributed by atoms with Crippen LogP contribution < -0.4 is 10.6 Å². The average molecular weight is 788 g/mol. The lowest BCUT2D eigenvalue weighted by Gasteiger charge is -2.72. The zero-order valence-corrected chi connectivity index (χ0v) is 35.3. The third-order valence-electron chi connectivity index (χ3n) is 17.2. The minimum atomic E-state index is -0.900. The van der Waals surface area contributed by atoms with Crippen LogP contribution in [0.15, 0.2) is 42.5 Å². The molecule has 6 aliphatic rings. The molecular weight excluding hydrogens is 719 g/mol. The summed E-state index contributed by atoms with van der Waals surface area (Å²) in [6, 6.07) is 7.48. The molecule has 4 saturated carbocycles. The van der Waals surface area contributed by atoms with Crippen LogP contribution in [0.2, 0.25) is 0 Å². The highest BCUT2D eigenvalue weighted by molar-refractivity contribution is 5.88. The molecule has 9 unspecified atom stereocenters. The summed E-state index contributed by atoms with van der Waals surface area (Å²) >= 11 is 0. The molecule has 5 fully saturated rings. The summed E-state index contributed by atoms with van der Waals surface area (Å²) in [6.45, 7) is 23.6. The highest BCUT2D eigenvalue weighted by atomic mass is 16.5. The number of hydrogen-bond acceptors (Lipinski definition) is 7. The number of amides is 1. The van der Waals surface area contributed by atoms with Gasteiger partial charge in [-0.2, -0.15) is 0 Å². The van der Waals surface area contributed by atoms with E-state index in [-0.39, 0.29) is 45.9 Å². The number of carbonyl (C=O) groups excluding carboxylic acids is 1. The SMILES string of the molecule is C=C(COCCN1CCOCC1)C1CCC2(C(=O)NCCNCC(=O)O)CCC3(C)C(CCC4C5(C)CC=C(c6ccc(C(=O)O)cc6)C(C)(C)C5CCC43C)C12. The number of rotatable bonds is 14. The van der Waals surface area contributed by atoms with Crippen LogP contribution in [0.3, 0.4) is 0 Å². The van der Waals surface area contributed by atoms with Gasteiger partial charge in [-0.25, -0.2) is 4.79 Å². The van der Waals surface area contributed by atoms with E-state index in [0.29, 0.717) is 49.6 Å². The van der Waals surface area contributed by atoms with E-state index in [9.17, 15) is 19.5 Å². The molecule has 7 rings (SSSR count). The Bertz CT molecular complexity index is 1720. The number of allylic oxidation sites excluding steroid dienone is 2. The monoisotopic (exact) mass is 788 g/mol. The van der Waals surface area contributed by atoms with E-state index in [2.05, 4.69) is 56.2 Å². The molecule has 10 heteroatoms. The van der Waals surface area contributed by atoms with Crippen LogP contribution in [0.25, 0.3) is 5.57 Å². The number of fused-ring (bicyclic) bond motifs is 7. The average Bonchev–Trinajstić information content (AvgIpc) is 3.58. The molecule has 5 aliphatic carbocycles. The highest BCUT2D eigenvalue weighted by Gasteiger charge is 2.71. The molecule has 4 N–H and O–H groups in total. The maximum Gasteiger partial charge on any atom is 0.335 e. The topological polar surface area (TPSA) is 137 Å². The number of carbonyl (C=O) groups is 3. The lowest BCUT2D eigenvalue weighted by atomic mass is 9.32. The van der Waals surface area contributed by atoms with Crippen molar-refractivity contribution in [2.75, 3.05) is 65.7 Å². The van der Waals surface area contributed by atoms with Gasteiger partial charge in [-0.3, -0.25) is 14.5 Å². The largest absolute Gasteiger partial charge is 0.480 e. The molecule has 0 bridgehead atoms. The summed E-state index contributed by atoms with van der Waals surface area (Å²) in [5, 5.41) is 24.9. The van der Waals surface area contributed by atoms with Crippen LogP contribution >= 0.6 is 0 Å². The maximum absolute atomic E-state index is 14.6. The van der Waals surface area contributed by atoms with E-state index < -0.39 is 17.4 Å². The van der Waals surface area contributed by atoms with Gasteiger partial charge in [0, 0.05) is 32.7 Å². The number of nitrogens with one attached hydrogen (secondary N) is 2. The summed E-state index contributed by atoms with van der Waals surface area (Å²) in [5.41, 5.74) is 3.69. The van der Waals surface area contributed by atoms with E-state index in [1.54, 1.807) is 12.1 Å². The molecule has 10 nitrogen and oxygen atoms in total. The van der Waals surface area contributed by atoms with Gasteiger partial charge < -0.3 is 30.3 Å². The van der Waals surface area contributed by atoms with Gasteiger partial charge in [0.05, 0.1) is 44.0 Å². The molecule has 1 aromatic carbocycles. The maximum atomic E-state index is 14.6. The fraction of sp³-hybridized carbons (Fsp3) is 0.723. The number of aliphatic carboxylic acids is 1. The van der Waals surface area contributed by atoms with Crippen LogP contribution in [-0.4, -0.2) is 98.7 Å². The van der Waals surface area contributed by atoms with Gasteiger partial charge in [-0.15, -0.1) is 0 Å². The molecule has 57 heavy (non-hydrogen) atoms. The molecule has 1 aliphatic heterocycles. The first kappa shape index (κ1) is 42.1. The number of ether oxygens (including phenoxy) is 2. The minimum Gasteiger partial charge on any atom is -0.480 e. The highest BCUT2D eigenvalue weighted by Crippen LogP contribution is 2.77. The van der Waals surface area contributed by atoms with Crippen molar-refractivity contribution in [3.8, 4) is 0 Å². The fourth-order valence-corrected chi connectivity index (χ4v) is 14.3. The van der Waals surface area contributed by atoms with Gasteiger partial charge in [0.1, 0.15) is 0 Å². The Morgan fingerprint density at radius 3 is 2.33 bits per heavy atom. The van der Waals surface area contributed by atoms with E-state index >= 15 is 0 Å². The first-order valence-corrected chi connectivity index (χ1v) is 21.9. The summed E-state index contributed by atoms with van der Waals surface area (Å²) < 4.78 is 11.9. The van der Waals surface area contributed by atoms with Gasteiger partial charge in [-0.05, 0) is 138 Å². The van der Waals surface area contributed by atoms with Crippen molar-refractivity contribution in [2.45, 2.75) is 92.4 Å². The second-order valence-electron chi connectivity index (χ2n) is 19.9. The molecule has 1 heterocycles.